The molecule has 0 N–H and O–H groups in total. The van der Waals surface area contributed by atoms with Crippen LogP contribution in [0.2, 0.25) is 0 Å². The third-order valence-corrected chi connectivity index (χ3v) is 10.7. The van der Waals surface area contributed by atoms with Gasteiger partial charge in [0.05, 0.1) is 22.7 Å². The van der Waals surface area contributed by atoms with Gasteiger partial charge in [-0.15, -0.1) is 0 Å². The summed E-state index contributed by atoms with van der Waals surface area (Å²) in [5, 5.41) is 11.9. The fraction of sp³-hybridized carbons (Fsp3) is 0.0612. The summed E-state index contributed by atoms with van der Waals surface area (Å²) in [7, 11) is 0. The molecule has 0 saturated heterocycles. The van der Waals surface area contributed by atoms with Gasteiger partial charge >= 0.3 is 0 Å². The molecule has 0 bridgehead atoms. The van der Waals surface area contributed by atoms with E-state index in [0.29, 0.717) is 23.0 Å². The maximum Gasteiger partial charge on any atom is 0.164 e. The summed E-state index contributed by atoms with van der Waals surface area (Å²) in [4.78, 5) is 14.9. The van der Waals surface area contributed by atoms with Crippen molar-refractivity contribution in [2.45, 2.75) is 19.3 Å². The van der Waals surface area contributed by atoms with Crippen LogP contribution in [0.4, 0.5) is 0 Å². The number of aromatic nitrogens is 4. The second-order valence-corrected chi connectivity index (χ2v) is 14.4. The molecule has 6 nitrogen and oxygen atoms in total. The largest absolute Gasteiger partial charge is 0.457 e. The second kappa shape index (κ2) is 12.6. The van der Waals surface area contributed by atoms with Gasteiger partial charge in [-0.05, 0) is 83.9 Å². The van der Waals surface area contributed by atoms with Gasteiger partial charge in [0.2, 0.25) is 0 Å². The van der Waals surface area contributed by atoms with Crippen molar-refractivity contribution in [3.8, 4) is 68.5 Å². The molecule has 0 amide bonds. The lowest BCUT2D eigenvalue weighted by Gasteiger charge is -2.35. The highest BCUT2D eigenvalue weighted by Gasteiger charge is 2.35. The van der Waals surface area contributed by atoms with Crippen LogP contribution in [0.1, 0.15) is 30.5 Å². The van der Waals surface area contributed by atoms with E-state index in [2.05, 4.69) is 91.2 Å². The Morgan fingerprint density at radius 2 is 0.964 bits per heavy atom. The summed E-state index contributed by atoms with van der Waals surface area (Å²) in [6.07, 6.45) is 0. The number of para-hydroxylation sites is 1. The molecule has 0 atom stereocenters. The van der Waals surface area contributed by atoms with Gasteiger partial charge in [0, 0.05) is 49.7 Å². The van der Waals surface area contributed by atoms with Crippen LogP contribution in [-0.2, 0) is 5.41 Å². The maximum atomic E-state index is 9.78. The molecular formula is C49H33N5O. The predicted octanol–water partition coefficient (Wildman–Crippen LogP) is 11.9. The van der Waals surface area contributed by atoms with Gasteiger partial charge in [-0.25, -0.2) is 15.0 Å². The first kappa shape index (κ1) is 32.3. The highest BCUT2D eigenvalue weighted by atomic mass is 16.5. The molecule has 0 radical (unpaired) electrons. The molecule has 0 aliphatic carbocycles. The number of fused-ring (bicyclic) bond motifs is 5. The topological polar surface area (TPSA) is 76.6 Å². The highest BCUT2D eigenvalue weighted by molar-refractivity contribution is 6.11. The van der Waals surface area contributed by atoms with E-state index in [4.69, 9.17) is 19.7 Å². The van der Waals surface area contributed by atoms with Crippen molar-refractivity contribution in [2.75, 3.05) is 0 Å². The SMILES string of the molecule is CC1(C)c2cc(-c3ccc4c(c3)c3cc(C#N)ccc3n4-c3ccccc3)ccc2Oc2ccc(-c3nc(-c4ccccc4)nc(-c4ccccc4)n3)cc21. The van der Waals surface area contributed by atoms with Crippen LogP contribution in [0.3, 0.4) is 0 Å². The minimum Gasteiger partial charge on any atom is -0.457 e. The Morgan fingerprint density at radius 1 is 0.491 bits per heavy atom. The third kappa shape index (κ3) is 5.45. The van der Waals surface area contributed by atoms with Gasteiger partial charge in [0.15, 0.2) is 17.5 Å². The van der Waals surface area contributed by atoms with E-state index in [1.54, 1.807) is 0 Å². The molecule has 0 unspecified atom stereocenters. The Bertz CT molecular complexity index is 2920. The third-order valence-electron chi connectivity index (χ3n) is 10.7. The summed E-state index contributed by atoms with van der Waals surface area (Å²) >= 11 is 0. The molecule has 3 heterocycles. The zero-order chi connectivity index (χ0) is 37.1. The van der Waals surface area contributed by atoms with Crippen LogP contribution >= 0.6 is 0 Å². The number of ether oxygens (including phenoxy) is 1. The molecule has 260 valence electrons. The lowest BCUT2D eigenvalue weighted by Crippen LogP contribution is -2.24. The molecule has 7 aromatic carbocycles. The summed E-state index contributed by atoms with van der Waals surface area (Å²) in [6, 6.07) is 58.0. The van der Waals surface area contributed by atoms with Crippen molar-refractivity contribution in [3.05, 3.63) is 180 Å². The van der Waals surface area contributed by atoms with Crippen molar-refractivity contribution >= 4 is 21.8 Å². The van der Waals surface area contributed by atoms with Gasteiger partial charge < -0.3 is 9.30 Å². The van der Waals surface area contributed by atoms with E-state index in [9.17, 15) is 5.26 Å². The maximum absolute atomic E-state index is 9.78. The Balaban J connectivity index is 1.07. The molecule has 55 heavy (non-hydrogen) atoms. The molecule has 1 aliphatic rings. The number of hydrogen-bond donors (Lipinski definition) is 0. The average Bonchev–Trinajstić information content (AvgIpc) is 3.57. The van der Waals surface area contributed by atoms with E-state index < -0.39 is 5.41 Å². The van der Waals surface area contributed by atoms with Gasteiger partial charge in [-0.1, -0.05) is 105 Å². The van der Waals surface area contributed by atoms with E-state index in [1.165, 1.54) is 0 Å². The summed E-state index contributed by atoms with van der Waals surface area (Å²) in [5.74, 6) is 3.51. The minimum atomic E-state index is -0.401. The molecule has 0 spiro atoms. The lowest BCUT2D eigenvalue weighted by atomic mass is 9.74. The Hall–Kier alpha value is -7.36. The van der Waals surface area contributed by atoms with E-state index in [1.807, 2.05) is 97.1 Å². The average molecular weight is 708 g/mol. The zero-order valence-corrected chi connectivity index (χ0v) is 30.2. The molecular weight excluding hydrogens is 675 g/mol. The lowest BCUT2D eigenvalue weighted by molar-refractivity contribution is 0.418. The van der Waals surface area contributed by atoms with Gasteiger partial charge in [0.25, 0.3) is 0 Å². The second-order valence-electron chi connectivity index (χ2n) is 14.4. The Kier molecular flexibility index (Phi) is 7.43. The van der Waals surface area contributed by atoms with Crippen molar-refractivity contribution in [3.63, 3.8) is 0 Å². The first-order chi connectivity index (χ1) is 26.9. The van der Waals surface area contributed by atoms with E-state index in [-0.39, 0.29) is 0 Å². The van der Waals surface area contributed by atoms with Crippen molar-refractivity contribution in [1.29, 1.82) is 5.26 Å². The molecule has 6 heteroatoms. The Labute approximate surface area is 318 Å². The minimum absolute atomic E-state index is 0.401. The monoisotopic (exact) mass is 707 g/mol. The molecule has 2 aromatic heterocycles. The summed E-state index contributed by atoms with van der Waals surface area (Å²) < 4.78 is 8.87. The quantitative estimate of drug-likeness (QED) is 0.178. The number of nitrogens with zero attached hydrogens (tertiary/aromatic N) is 5. The molecule has 0 saturated carbocycles. The van der Waals surface area contributed by atoms with Crippen LogP contribution in [-0.4, -0.2) is 19.5 Å². The van der Waals surface area contributed by atoms with Crippen molar-refractivity contribution in [1.82, 2.24) is 19.5 Å². The van der Waals surface area contributed by atoms with Crippen molar-refractivity contribution in [2.24, 2.45) is 0 Å². The van der Waals surface area contributed by atoms with Gasteiger partial charge in [-0.3, -0.25) is 0 Å². The Morgan fingerprint density at radius 3 is 1.56 bits per heavy atom. The van der Waals surface area contributed by atoms with E-state index in [0.717, 1.165) is 77.9 Å². The molecule has 0 fully saturated rings. The molecule has 10 rings (SSSR count). The zero-order valence-electron chi connectivity index (χ0n) is 30.2. The number of nitriles is 1. The number of rotatable bonds is 5. The first-order valence-corrected chi connectivity index (χ1v) is 18.3. The smallest absolute Gasteiger partial charge is 0.164 e. The van der Waals surface area contributed by atoms with E-state index >= 15 is 0 Å². The predicted molar refractivity (Wildman–Crippen MR) is 219 cm³/mol. The molecule has 9 aromatic rings. The van der Waals surface area contributed by atoms with Crippen LogP contribution in [0.25, 0.3) is 72.8 Å². The summed E-state index contributed by atoms with van der Waals surface area (Å²) in [5.41, 5.74) is 10.6. The highest BCUT2D eigenvalue weighted by Crippen LogP contribution is 2.50. The number of benzene rings is 7. The standard InChI is InChI=1S/C49H33N5O/c1-49(2)40-28-35(34-19-23-43-39(27-34)38-26-31(30-50)18-22-42(38)54(43)37-16-10-5-11-17-37)20-24-44(40)55-45-25-21-36(29-41(45)49)48-52-46(32-12-6-3-7-13-32)51-47(53-48)33-14-8-4-9-15-33/h3-29H,1-2H3. The normalized spacial score (nSPS) is 12.8. The molecule has 1 aliphatic heterocycles. The van der Waals surface area contributed by atoms with Crippen molar-refractivity contribution < 1.29 is 4.74 Å². The fourth-order valence-corrected chi connectivity index (χ4v) is 7.86. The van der Waals surface area contributed by atoms with Crippen LogP contribution in [0, 0.1) is 11.3 Å². The van der Waals surface area contributed by atoms with Crippen LogP contribution in [0.5, 0.6) is 11.5 Å². The van der Waals surface area contributed by atoms with Gasteiger partial charge in [-0.2, -0.15) is 5.26 Å². The van der Waals surface area contributed by atoms with Crippen LogP contribution < -0.4 is 4.74 Å². The van der Waals surface area contributed by atoms with Crippen LogP contribution in [0.15, 0.2) is 164 Å². The summed E-state index contributed by atoms with van der Waals surface area (Å²) in [6.45, 7) is 4.50. The first-order valence-electron chi connectivity index (χ1n) is 18.3. The van der Waals surface area contributed by atoms with Gasteiger partial charge in [0.1, 0.15) is 11.5 Å². The number of hydrogen-bond acceptors (Lipinski definition) is 5. The fourth-order valence-electron chi connectivity index (χ4n) is 7.86.